The molecule has 5 nitrogen and oxygen atoms in total. The van der Waals surface area contributed by atoms with Crippen LogP contribution in [0.1, 0.15) is 30.1 Å². The van der Waals surface area contributed by atoms with Crippen molar-refractivity contribution in [3.63, 3.8) is 0 Å². The molecule has 2 N–H and O–H groups in total. The number of nitrogens with one attached hydrogen (secondary N) is 1. The summed E-state index contributed by atoms with van der Waals surface area (Å²) >= 11 is 0. The van der Waals surface area contributed by atoms with Crippen LogP contribution in [0.3, 0.4) is 0 Å². The second kappa shape index (κ2) is 6.61. The normalized spacial score (nSPS) is 16.9. The molecule has 2 rings (SSSR count). The van der Waals surface area contributed by atoms with Gasteiger partial charge in [-0.25, -0.2) is 0 Å². The molecule has 20 heavy (non-hydrogen) atoms. The van der Waals surface area contributed by atoms with Crippen LogP contribution in [0.15, 0.2) is 18.2 Å². The number of aromatic hydroxyl groups is 1. The predicted molar refractivity (Wildman–Crippen MR) is 77.3 cm³/mol. The summed E-state index contributed by atoms with van der Waals surface area (Å²) in [5, 5.41) is 12.8. The minimum absolute atomic E-state index is 0.0575. The molecule has 1 aliphatic heterocycles. The third-order valence-electron chi connectivity index (χ3n) is 3.56. The fourth-order valence-corrected chi connectivity index (χ4v) is 2.53. The molecule has 1 amide bonds. The molecular formula is C15H22N2O3. The highest BCUT2D eigenvalue weighted by Crippen LogP contribution is 2.23. The number of carbonyl (C=O) groups is 1. The number of hydrogen-bond acceptors (Lipinski definition) is 4. The average Bonchev–Trinajstić information content (AvgIpc) is 2.90. The maximum absolute atomic E-state index is 12.1. The van der Waals surface area contributed by atoms with E-state index in [1.165, 1.54) is 26.0 Å². The van der Waals surface area contributed by atoms with Crippen molar-refractivity contribution in [2.24, 2.45) is 0 Å². The Bertz CT molecular complexity index is 470. The molecule has 1 heterocycles. The number of carbonyl (C=O) groups excluding carboxylic acids is 1. The molecule has 1 atom stereocenters. The van der Waals surface area contributed by atoms with E-state index in [0.29, 0.717) is 5.75 Å². The summed E-state index contributed by atoms with van der Waals surface area (Å²) < 4.78 is 5.00. The van der Waals surface area contributed by atoms with Gasteiger partial charge >= 0.3 is 0 Å². The summed E-state index contributed by atoms with van der Waals surface area (Å²) in [6.45, 7) is 5.04. The van der Waals surface area contributed by atoms with E-state index in [2.05, 4.69) is 10.2 Å². The summed E-state index contributed by atoms with van der Waals surface area (Å²) in [5.74, 6) is 0.219. The largest absolute Gasteiger partial charge is 0.507 e. The van der Waals surface area contributed by atoms with E-state index in [0.717, 1.165) is 19.6 Å². The number of phenols is 1. The lowest BCUT2D eigenvalue weighted by Crippen LogP contribution is -2.41. The summed E-state index contributed by atoms with van der Waals surface area (Å²) in [6.07, 6.45) is 2.47. The Morgan fingerprint density at radius 2 is 2.15 bits per heavy atom. The van der Waals surface area contributed by atoms with Gasteiger partial charge in [0.1, 0.15) is 11.5 Å². The summed E-state index contributed by atoms with van der Waals surface area (Å²) in [5.41, 5.74) is 0.277. The van der Waals surface area contributed by atoms with Crippen molar-refractivity contribution < 1.29 is 14.6 Å². The Balaban J connectivity index is 1.93. The standard InChI is InChI=1S/C15H22N2O3/c1-11(10-17-7-3-4-8-17)16-15(19)13-6-5-12(20-2)9-14(13)18/h5-6,9,11,18H,3-4,7-8,10H2,1-2H3,(H,16,19). The monoisotopic (exact) mass is 278 g/mol. The fourth-order valence-electron chi connectivity index (χ4n) is 2.53. The van der Waals surface area contributed by atoms with Crippen molar-refractivity contribution in [3.05, 3.63) is 23.8 Å². The topological polar surface area (TPSA) is 61.8 Å². The smallest absolute Gasteiger partial charge is 0.255 e. The second-order valence-electron chi connectivity index (χ2n) is 5.27. The molecule has 0 saturated carbocycles. The van der Waals surface area contributed by atoms with Crippen LogP contribution in [0.4, 0.5) is 0 Å². The number of phenolic OH excluding ortho intramolecular Hbond substituents is 1. The minimum Gasteiger partial charge on any atom is -0.507 e. The molecule has 1 aromatic carbocycles. The number of methoxy groups -OCH3 is 1. The van der Waals surface area contributed by atoms with Crippen LogP contribution >= 0.6 is 0 Å². The number of hydrogen-bond donors (Lipinski definition) is 2. The van der Waals surface area contributed by atoms with Crippen molar-refractivity contribution >= 4 is 5.91 Å². The van der Waals surface area contributed by atoms with Gasteiger partial charge in [0.2, 0.25) is 0 Å². The van der Waals surface area contributed by atoms with Gasteiger partial charge in [-0.3, -0.25) is 4.79 Å². The first kappa shape index (κ1) is 14.7. The zero-order chi connectivity index (χ0) is 14.5. The van der Waals surface area contributed by atoms with Crippen molar-refractivity contribution in [1.82, 2.24) is 10.2 Å². The van der Waals surface area contributed by atoms with Crippen molar-refractivity contribution in [2.45, 2.75) is 25.8 Å². The summed E-state index contributed by atoms with van der Waals surface area (Å²) in [4.78, 5) is 14.5. The molecule has 1 fully saturated rings. The van der Waals surface area contributed by atoms with Gasteiger partial charge < -0.3 is 20.1 Å². The summed E-state index contributed by atoms with van der Waals surface area (Å²) in [7, 11) is 1.52. The van der Waals surface area contributed by atoms with Gasteiger partial charge in [0.15, 0.2) is 0 Å². The van der Waals surface area contributed by atoms with E-state index in [1.54, 1.807) is 12.1 Å². The molecule has 0 aromatic heterocycles. The first-order valence-electron chi connectivity index (χ1n) is 7.00. The fraction of sp³-hybridized carbons (Fsp3) is 0.533. The number of benzene rings is 1. The van der Waals surface area contributed by atoms with Gasteiger partial charge in [0.05, 0.1) is 12.7 Å². The molecule has 0 aliphatic carbocycles. The molecule has 5 heteroatoms. The van der Waals surface area contributed by atoms with E-state index in [4.69, 9.17) is 4.74 Å². The molecule has 1 aliphatic rings. The van der Waals surface area contributed by atoms with Crippen LogP contribution in [0.25, 0.3) is 0 Å². The van der Waals surface area contributed by atoms with Gasteiger partial charge in [-0.1, -0.05) is 0 Å². The highest BCUT2D eigenvalue weighted by atomic mass is 16.5. The van der Waals surface area contributed by atoms with E-state index >= 15 is 0 Å². The highest BCUT2D eigenvalue weighted by Gasteiger charge is 2.18. The molecule has 0 spiro atoms. The molecule has 1 saturated heterocycles. The Kier molecular flexibility index (Phi) is 4.84. The predicted octanol–water partition coefficient (Wildman–Crippen LogP) is 1.61. The van der Waals surface area contributed by atoms with Gasteiger partial charge in [0.25, 0.3) is 5.91 Å². The van der Waals surface area contributed by atoms with E-state index in [-0.39, 0.29) is 23.3 Å². The molecule has 1 aromatic rings. The zero-order valence-corrected chi connectivity index (χ0v) is 12.1. The van der Waals surface area contributed by atoms with Crippen LogP contribution in [-0.4, -0.2) is 48.7 Å². The number of rotatable bonds is 5. The van der Waals surface area contributed by atoms with Crippen molar-refractivity contribution in [3.8, 4) is 11.5 Å². The van der Waals surface area contributed by atoms with Crippen LogP contribution in [0.2, 0.25) is 0 Å². The van der Waals surface area contributed by atoms with E-state index in [9.17, 15) is 9.90 Å². The Morgan fingerprint density at radius 1 is 1.45 bits per heavy atom. The first-order valence-corrected chi connectivity index (χ1v) is 7.00. The minimum atomic E-state index is -0.253. The van der Waals surface area contributed by atoms with Crippen LogP contribution in [0.5, 0.6) is 11.5 Å². The number of amides is 1. The van der Waals surface area contributed by atoms with Gasteiger partial charge in [-0.05, 0) is 45.0 Å². The zero-order valence-electron chi connectivity index (χ0n) is 12.1. The Labute approximate surface area is 119 Å². The maximum atomic E-state index is 12.1. The molecular weight excluding hydrogens is 256 g/mol. The van der Waals surface area contributed by atoms with Crippen LogP contribution < -0.4 is 10.1 Å². The van der Waals surface area contributed by atoms with Crippen LogP contribution in [0, 0.1) is 0 Å². The van der Waals surface area contributed by atoms with Gasteiger partial charge in [0, 0.05) is 18.7 Å². The Hall–Kier alpha value is -1.75. The third kappa shape index (κ3) is 3.63. The third-order valence-corrected chi connectivity index (χ3v) is 3.56. The lowest BCUT2D eigenvalue weighted by molar-refractivity contribution is 0.0929. The summed E-state index contributed by atoms with van der Waals surface area (Å²) in [6, 6.07) is 4.74. The van der Waals surface area contributed by atoms with Crippen molar-refractivity contribution in [1.29, 1.82) is 0 Å². The quantitative estimate of drug-likeness (QED) is 0.859. The SMILES string of the molecule is COc1ccc(C(=O)NC(C)CN2CCCC2)c(O)c1. The molecule has 0 bridgehead atoms. The lowest BCUT2D eigenvalue weighted by atomic mass is 10.1. The highest BCUT2D eigenvalue weighted by molar-refractivity contribution is 5.97. The van der Waals surface area contributed by atoms with Crippen molar-refractivity contribution in [2.75, 3.05) is 26.7 Å². The van der Waals surface area contributed by atoms with Gasteiger partial charge in [-0.2, -0.15) is 0 Å². The number of ether oxygens (including phenoxy) is 1. The lowest BCUT2D eigenvalue weighted by Gasteiger charge is -2.21. The number of likely N-dealkylation sites (tertiary alicyclic amines) is 1. The van der Waals surface area contributed by atoms with Crippen LogP contribution in [-0.2, 0) is 0 Å². The number of nitrogens with zero attached hydrogens (tertiary/aromatic N) is 1. The first-order chi connectivity index (χ1) is 9.60. The maximum Gasteiger partial charge on any atom is 0.255 e. The molecule has 0 radical (unpaired) electrons. The molecule has 110 valence electrons. The molecule has 1 unspecified atom stereocenters. The van der Waals surface area contributed by atoms with Gasteiger partial charge in [-0.15, -0.1) is 0 Å². The Morgan fingerprint density at radius 3 is 2.75 bits per heavy atom. The average molecular weight is 278 g/mol. The second-order valence-corrected chi connectivity index (χ2v) is 5.27. The van der Waals surface area contributed by atoms with E-state index in [1.807, 2.05) is 6.92 Å². The van der Waals surface area contributed by atoms with E-state index < -0.39 is 0 Å².